The van der Waals surface area contributed by atoms with Gasteiger partial charge >= 0.3 is 0 Å². The zero-order valence-corrected chi connectivity index (χ0v) is 13.5. The number of carbonyl (C=O) groups excluding carboxylic acids is 1. The average Bonchev–Trinajstić information content (AvgIpc) is 2.49. The maximum absolute atomic E-state index is 11.6. The number of rotatable bonds is 4. The first-order chi connectivity index (χ1) is 10.0. The van der Waals surface area contributed by atoms with E-state index in [1.807, 2.05) is 12.1 Å². The highest BCUT2D eigenvalue weighted by molar-refractivity contribution is 6.42. The Labute approximate surface area is 138 Å². The molecular formula is C15H13Cl3N2O. The number of halogens is 3. The second-order valence-electron chi connectivity index (χ2n) is 4.34. The minimum absolute atomic E-state index is 0.171. The lowest BCUT2D eigenvalue weighted by Crippen LogP contribution is -2.17. The summed E-state index contributed by atoms with van der Waals surface area (Å²) in [5.41, 5.74) is 2.04. The van der Waals surface area contributed by atoms with E-state index in [1.54, 1.807) is 31.3 Å². The van der Waals surface area contributed by atoms with E-state index in [2.05, 4.69) is 10.6 Å². The summed E-state index contributed by atoms with van der Waals surface area (Å²) in [5.74, 6) is -0.171. The highest BCUT2D eigenvalue weighted by Crippen LogP contribution is 2.28. The third-order valence-corrected chi connectivity index (χ3v) is 4.14. The molecule has 2 aromatic rings. The van der Waals surface area contributed by atoms with Gasteiger partial charge in [0.25, 0.3) is 5.91 Å². The van der Waals surface area contributed by atoms with Crippen LogP contribution < -0.4 is 10.6 Å². The fraction of sp³-hybridized carbons (Fsp3) is 0.133. The van der Waals surface area contributed by atoms with E-state index < -0.39 is 0 Å². The van der Waals surface area contributed by atoms with Gasteiger partial charge in [-0.1, -0.05) is 46.9 Å². The summed E-state index contributed by atoms with van der Waals surface area (Å²) >= 11 is 18.2. The van der Waals surface area contributed by atoms with Crippen LogP contribution in [0, 0.1) is 0 Å². The van der Waals surface area contributed by atoms with Gasteiger partial charge in [0, 0.05) is 19.2 Å². The van der Waals surface area contributed by atoms with Crippen LogP contribution in [0.15, 0.2) is 36.4 Å². The molecule has 0 bridgehead atoms. The predicted octanol–water partition coefficient (Wildman–Crippen LogP) is 4.62. The molecule has 2 N–H and O–H groups in total. The Bertz CT molecular complexity index is 674. The van der Waals surface area contributed by atoms with E-state index in [-0.39, 0.29) is 5.91 Å². The largest absolute Gasteiger partial charge is 0.380 e. The first kappa shape index (κ1) is 16.0. The monoisotopic (exact) mass is 342 g/mol. The molecule has 0 unspecified atom stereocenters. The molecule has 6 heteroatoms. The van der Waals surface area contributed by atoms with Crippen molar-refractivity contribution in [2.45, 2.75) is 6.54 Å². The Morgan fingerprint density at radius 3 is 2.57 bits per heavy atom. The second-order valence-corrected chi connectivity index (χ2v) is 5.53. The van der Waals surface area contributed by atoms with Crippen LogP contribution in [0.3, 0.4) is 0 Å². The molecule has 3 nitrogen and oxygen atoms in total. The maximum Gasteiger partial charge on any atom is 0.251 e. The number of hydrogen-bond acceptors (Lipinski definition) is 2. The average molecular weight is 344 g/mol. The smallest absolute Gasteiger partial charge is 0.251 e. The van der Waals surface area contributed by atoms with Crippen molar-refractivity contribution in [3.8, 4) is 0 Å². The molecule has 0 atom stereocenters. The van der Waals surface area contributed by atoms with Gasteiger partial charge in [-0.3, -0.25) is 4.79 Å². The van der Waals surface area contributed by atoms with Crippen molar-refractivity contribution in [2.24, 2.45) is 0 Å². The minimum atomic E-state index is -0.171. The van der Waals surface area contributed by atoms with Gasteiger partial charge in [-0.2, -0.15) is 0 Å². The Balaban J connectivity index is 2.19. The van der Waals surface area contributed by atoms with Gasteiger partial charge in [-0.15, -0.1) is 0 Å². The number of hydrogen-bond donors (Lipinski definition) is 2. The van der Waals surface area contributed by atoms with E-state index in [4.69, 9.17) is 34.8 Å². The summed E-state index contributed by atoms with van der Waals surface area (Å²) in [4.78, 5) is 11.6. The van der Waals surface area contributed by atoms with Crippen molar-refractivity contribution in [1.29, 1.82) is 0 Å². The predicted molar refractivity (Wildman–Crippen MR) is 88.6 cm³/mol. The first-order valence-electron chi connectivity index (χ1n) is 6.21. The quantitative estimate of drug-likeness (QED) is 0.850. The van der Waals surface area contributed by atoms with E-state index in [1.165, 1.54) is 0 Å². The van der Waals surface area contributed by atoms with Gasteiger partial charge in [0.15, 0.2) is 0 Å². The number of benzene rings is 2. The third kappa shape index (κ3) is 3.82. The SMILES string of the molecule is CNC(=O)c1ccc(Cl)c(NCc2cccc(Cl)c2Cl)c1. The van der Waals surface area contributed by atoms with Gasteiger partial charge in [0.2, 0.25) is 0 Å². The number of anilines is 1. The maximum atomic E-state index is 11.6. The normalized spacial score (nSPS) is 10.3. The minimum Gasteiger partial charge on any atom is -0.380 e. The summed E-state index contributed by atoms with van der Waals surface area (Å²) < 4.78 is 0. The fourth-order valence-electron chi connectivity index (χ4n) is 1.82. The standard InChI is InChI=1S/C15H13Cl3N2O/c1-19-15(21)9-5-6-11(16)13(7-9)20-8-10-3-2-4-12(17)14(10)18/h2-7,20H,8H2,1H3,(H,19,21). The van der Waals surface area contributed by atoms with Crippen LogP contribution in [-0.2, 0) is 6.54 Å². The van der Waals surface area contributed by atoms with Crippen molar-refractivity contribution in [3.63, 3.8) is 0 Å². The van der Waals surface area contributed by atoms with Crippen LogP contribution in [0.25, 0.3) is 0 Å². The zero-order valence-electron chi connectivity index (χ0n) is 11.2. The van der Waals surface area contributed by atoms with Gasteiger partial charge in [0.05, 0.1) is 20.8 Å². The third-order valence-electron chi connectivity index (χ3n) is 2.96. The van der Waals surface area contributed by atoms with Crippen LogP contribution >= 0.6 is 34.8 Å². The fourth-order valence-corrected chi connectivity index (χ4v) is 2.39. The molecule has 0 spiro atoms. The molecule has 2 aromatic carbocycles. The van der Waals surface area contributed by atoms with Gasteiger partial charge in [0.1, 0.15) is 0 Å². The lowest BCUT2D eigenvalue weighted by molar-refractivity contribution is 0.0963. The molecule has 1 amide bonds. The highest BCUT2D eigenvalue weighted by atomic mass is 35.5. The lowest BCUT2D eigenvalue weighted by Gasteiger charge is -2.11. The molecule has 0 saturated carbocycles. The van der Waals surface area contributed by atoms with Crippen LogP contribution in [0.4, 0.5) is 5.69 Å². The molecule has 0 aliphatic heterocycles. The van der Waals surface area contributed by atoms with Gasteiger partial charge < -0.3 is 10.6 Å². The lowest BCUT2D eigenvalue weighted by atomic mass is 10.1. The Morgan fingerprint density at radius 2 is 1.86 bits per heavy atom. The Kier molecular flexibility index (Phi) is 5.34. The van der Waals surface area contributed by atoms with Crippen molar-refractivity contribution in [1.82, 2.24) is 5.32 Å². The van der Waals surface area contributed by atoms with E-state index >= 15 is 0 Å². The molecular weight excluding hydrogens is 331 g/mol. The number of amides is 1. The van der Waals surface area contributed by atoms with Crippen LogP contribution in [0.2, 0.25) is 15.1 Å². The van der Waals surface area contributed by atoms with E-state index in [9.17, 15) is 4.79 Å². The summed E-state index contributed by atoms with van der Waals surface area (Å²) in [6.45, 7) is 0.455. The molecule has 0 radical (unpaired) electrons. The summed E-state index contributed by atoms with van der Waals surface area (Å²) in [7, 11) is 1.58. The summed E-state index contributed by atoms with van der Waals surface area (Å²) in [6, 6.07) is 10.5. The second kappa shape index (κ2) is 7.03. The molecule has 0 aliphatic rings. The first-order valence-corrected chi connectivity index (χ1v) is 7.34. The number of nitrogens with one attached hydrogen (secondary N) is 2. The summed E-state index contributed by atoms with van der Waals surface area (Å²) in [5, 5.41) is 7.27. The van der Waals surface area contributed by atoms with Crippen molar-refractivity contribution < 1.29 is 4.79 Å². The molecule has 2 rings (SSSR count). The molecule has 0 saturated heterocycles. The topological polar surface area (TPSA) is 41.1 Å². The molecule has 0 fully saturated rings. The van der Waals surface area contributed by atoms with Crippen molar-refractivity contribution >= 4 is 46.4 Å². The van der Waals surface area contributed by atoms with E-state index in [0.717, 1.165) is 5.56 Å². The van der Waals surface area contributed by atoms with Gasteiger partial charge in [-0.05, 0) is 29.8 Å². The van der Waals surface area contributed by atoms with Crippen molar-refractivity contribution in [3.05, 3.63) is 62.6 Å². The van der Waals surface area contributed by atoms with Gasteiger partial charge in [-0.25, -0.2) is 0 Å². The van der Waals surface area contributed by atoms with Crippen LogP contribution in [0.5, 0.6) is 0 Å². The molecule has 110 valence electrons. The molecule has 0 heterocycles. The Morgan fingerprint density at radius 1 is 1.10 bits per heavy atom. The zero-order chi connectivity index (χ0) is 15.4. The molecule has 21 heavy (non-hydrogen) atoms. The molecule has 0 aromatic heterocycles. The van der Waals surface area contributed by atoms with Crippen LogP contribution in [0.1, 0.15) is 15.9 Å². The van der Waals surface area contributed by atoms with E-state index in [0.29, 0.717) is 32.9 Å². The Hall–Kier alpha value is -1.42. The van der Waals surface area contributed by atoms with Crippen LogP contribution in [-0.4, -0.2) is 13.0 Å². The number of carbonyl (C=O) groups is 1. The highest BCUT2D eigenvalue weighted by Gasteiger charge is 2.09. The molecule has 0 aliphatic carbocycles. The summed E-state index contributed by atoms with van der Waals surface area (Å²) in [6.07, 6.45) is 0. The van der Waals surface area contributed by atoms with Crippen molar-refractivity contribution in [2.75, 3.05) is 12.4 Å².